The van der Waals surface area contributed by atoms with Gasteiger partial charge in [0.1, 0.15) is 0 Å². The lowest BCUT2D eigenvalue weighted by molar-refractivity contribution is -0.138. The van der Waals surface area contributed by atoms with E-state index in [4.69, 9.17) is 0 Å². The van der Waals surface area contributed by atoms with Crippen LogP contribution in [0.1, 0.15) is 11.1 Å². The van der Waals surface area contributed by atoms with Crippen LogP contribution in [-0.4, -0.2) is 0 Å². The third kappa shape index (κ3) is 2.75. The molecular weight excluding hydrogens is 263 g/mol. The van der Waals surface area contributed by atoms with Gasteiger partial charge in [0.05, 0.1) is 5.56 Å². The van der Waals surface area contributed by atoms with Gasteiger partial charge < -0.3 is 0 Å². The van der Waals surface area contributed by atoms with Crippen LogP contribution in [0.3, 0.4) is 0 Å². The van der Waals surface area contributed by atoms with E-state index in [0.29, 0.717) is 0 Å². The van der Waals surface area contributed by atoms with Gasteiger partial charge in [0, 0.05) is 0 Å². The molecule has 0 aromatic heterocycles. The molecule has 0 amide bonds. The summed E-state index contributed by atoms with van der Waals surface area (Å²) in [7, 11) is 0. The van der Waals surface area contributed by atoms with Crippen molar-refractivity contribution in [3.63, 3.8) is 0 Å². The van der Waals surface area contributed by atoms with Crippen molar-refractivity contribution in [3.05, 3.63) is 59.2 Å². The summed E-state index contributed by atoms with van der Waals surface area (Å²) in [6.07, 6.45) is -4.47. The topological polar surface area (TPSA) is 0 Å². The summed E-state index contributed by atoms with van der Waals surface area (Å²) in [6.45, 7) is 1.35. The minimum absolute atomic E-state index is 0.0823. The zero-order valence-corrected chi connectivity index (χ0v) is 9.85. The lowest BCUT2D eigenvalue weighted by Gasteiger charge is -2.12. The summed E-state index contributed by atoms with van der Waals surface area (Å²) >= 11 is 0. The Morgan fingerprint density at radius 3 is 1.95 bits per heavy atom. The first-order valence-corrected chi connectivity index (χ1v) is 5.42. The minimum atomic E-state index is -4.47. The largest absolute Gasteiger partial charge is 0.416 e. The molecule has 0 aliphatic rings. The molecule has 0 atom stereocenters. The van der Waals surface area contributed by atoms with Crippen molar-refractivity contribution in [2.75, 3.05) is 0 Å². The Bertz CT molecular complexity index is 614. The summed E-state index contributed by atoms with van der Waals surface area (Å²) in [4.78, 5) is 0. The van der Waals surface area contributed by atoms with E-state index in [9.17, 15) is 22.0 Å². The zero-order valence-electron chi connectivity index (χ0n) is 9.85. The molecule has 0 fully saturated rings. The second-order valence-electron chi connectivity index (χ2n) is 4.16. The second kappa shape index (κ2) is 4.64. The fourth-order valence-corrected chi connectivity index (χ4v) is 1.78. The van der Waals surface area contributed by atoms with Crippen LogP contribution >= 0.6 is 0 Å². The van der Waals surface area contributed by atoms with E-state index in [-0.39, 0.29) is 16.7 Å². The van der Waals surface area contributed by atoms with Crippen LogP contribution in [0.25, 0.3) is 11.1 Å². The van der Waals surface area contributed by atoms with Crippen LogP contribution in [0.4, 0.5) is 22.0 Å². The highest BCUT2D eigenvalue weighted by Crippen LogP contribution is 2.34. The van der Waals surface area contributed by atoms with Crippen molar-refractivity contribution >= 4 is 0 Å². The van der Waals surface area contributed by atoms with Gasteiger partial charge in [0.15, 0.2) is 11.6 Å². The highest BCUT2D eigenvalue weighted by Gasteiger charge is 2.32. The number of hydrogen-bond donors (Lipinski definition) is 0. The predicted octanol–water partition coefficient (Wildman–Crippen LogP) is 4.96. The fraction of sp³-hybridized carbons (Fsp3) is 0.143. The molecule has 0 spiro atoms. The molecule has 0 radical (unpaired) electrons. The molecule has 0 saturated carbocycles. The maximum Gasteiger partial charge on any atom is 0.416 e. The number of hydrogen-bond acceptors (Lipinski definition) is 0. The van der Waals surface area contributed by atoms with Crippen LogP contribution in [0.5, 0.6) is 0 Å². The van der Waals surface area contributed by atoms with E-state index >= 15 is 0 Å². The predicted molar refractivity (Wildman–Crippen MR) is 61.5 cm³/mol. The van der Waals surface area contributed by atoms with Gasteiger partial charge >= 0.3 is 6.18 Å². The minimum Gasteiger partial charge on any atom is -0.204 e. The van der Waals surface area contributed by atoms with E-state index < -0.39 is 23.4 Å². The van der Waals surface area contributed by atoms with Crippen molar-refractivity contribution in [2.24, 2.45) is 0 Å². The molecule has 100 valence electrons. The molecule has 5 heteroatoms. The maximum absolute atomic E-state index is 13.1. The molecule has 0 aliphatic heterocycles. The van der Waals surface area contributed by atoms with Crippen molar-refractivity contribution in [1.82, 2.24) is 0 Å². The Kier molecular flexibility index (Phi) is 3.30. The zero-order chi connectivity index (χ0) is 14.2. The van der Waals surface area contributed by atoms with Crippen LogP contribution < -0.4 is 0 Å². The molecule has 0 saturated heterocycles. The van der Waals surface area contributed by atoms with Gasteiger partial charge in [-0.25, -0.2) is 8.78 Å². The van der Waals surface area contributed by atoms with Gasteiger partial charge in [-0.15, -0.1) is 0 Å². The van der Waals surface area contributed by atoms with E-state index in [1.807, 2.05) is 0 Å². The average molecular weight is 272 g/mol. The summed E-state index contributed by atoms with van der Waals surface area (Å²) < 4.78 is 64.1. The third-order valence-electron chi connectivity index (χ3n) is 2.80. The number of halogens is 5. The monoisotopic (exact) mass is 272 g/mol. The molecule has 2 rings (SSSR count). The molecule has 2 aromatic rings. The van der Waals surface area contributed by atoms with E-state index in [1.165, 1.54) is 25.1 Å². The van der Waals surface area contributed by atoms with E-state index in [0.717, 1.165) is 18.2 Å². The van der Waals surface area contributed by atoms with Gasteiger partial charge in [-0.2, -0.15) is 13.2 Å². The summed E-state index contributed by atoms with van der Waals surface area (Å²) in [5.41, 5.74) is -0.310. The van der Waals surface area contributed by atoms with Crippen LogP contribution in [0, 0.1) is 18.6 Å². The van der Waals surface area contributed by atoms with Gasteiger partial charge in [-0.3, -0.25) is 0 Å². The SMILES string of the molecule is Cc1ccc(-c2ccc(F)c(F)c2)cc1C(F)(F)F. The molecule has 0 nitrogen and oxygen atoms in total. The Morgan fingerprint density at radius 1 is 0.789 bits per heavy atom. The maximum atomic E-state index is 13.1. The van der Waals surface area contributed by atoms with Gasteiger partial charge in [-0.1, -0.05) is 18.2 Å². The third-order valence-corrected chi connectivity index (χ3v) is 2.80. The summed E-state index contributed by atoms with van der Waals surface area (Å²) in [5.74, 6) is -2.13. The Morgan fingerprint density at radius 2 is 1.37 bits per heavy atom. The molecule has 0 unspecified atom stereocenters. The van der Waals surface area contributed by atoms with Crippen LogP contribution in [0.2, 0.25) is 0 Å². The molecule has 2 aromatic carbocycles. The van der Waals surface area contributed by atoms with Gasteiger partial charge in [0.2, 0.25) is 0 Å². The smallest absolute Gasteiger partial charge is 0.204 e. The average Bonchev–Trinajstić information content (AvgIpc) is 2.32. The lowest BCUT2D eigenvalue weighted by Crippen LogP contribution is -2.07. The molecule has 0 bridgehead atoms. The van der Waals surface area contributed by atoms with Crippen molar-refractivity contribution < 1.29 is 22.0 Å². The Hall–Kier alpha value is -1.91. The quantitative estimate of drug-likeness (QED) is 0.644. The second-order valence-corrected chi connectivity index (χ2v) is 4.16. The summed E-state index contributed by atoms with van der Waals surface area (Å²) in [6, 6.07) is 6.68. The first-order valence-electron chi connectivity index (χ1n) is 5.42. The van der Waals surface area contributed by atoms with Crippen molar-refractivity contribution in [2.45, 2.75) is 13.1 Å². The summed E-state index contributed by atoms with van der Waals surface area (Å²) in [5, 5.41) is 0. The Balaban J connectivity index is 2.54. The standard InChI is InChI=1S/C14H9F5/c1-8-2-3-9(6-11(8)14(17,18)19)10-4-5-12(15)13(16)7-10/h2-7H,1H3. The number of rotatable bonds is 1. The number of aryl methyl sites for hydroxylation is 1. The molecule has 0 heterocycles. The highest BCUT2D eigenvalue weighted by atomic mass is 19.4. The molecular formula is C14H9F5. The first-order chi connectivity index (χ1) is 8.79. The van der Waals surface area contributed by atoms with Crippen molar-refractivity contribution in [1.29, 1.82) is 0 Å². The van der Waals surface area contributed by atoms with Crippen molar-refractivity contribution in [3.8, 4) is 11.1 Å². The highest BCUT2D eigenvalue weighted by molar-refractivity contribution is 5.65. The first kappa shape index (κ1) is 13.5. The molecule has 0 N–H and O–H groups in total. The van der Waals surface area contributed by atoms with E-state index in [2.05, 4.69) is 0 Å². The Labute approximate surface area is 106 Å². The normalized spacial score (nSPS) is 11.7. The van der Waals surface area contributed by atoms with Crippen LogP contribution in [-0.2, 0) is 6.18 Å². The fourth-order valence-electron chi connectivity index (χ4n) is 1.78. The lowest BCUT2D eigenvalue weighted by atomic mass is 9.99. The van der Waals surface area contributed by atoms with Crippen LogP contribution in [0.15, 0.2) is 36.4 Å². The van der Waals surface area contributed by atoms with Gasteiger partial charge in [0.25, 0.3) is 0 Å². The van der Waals surface area contributed by atoms with Gasteiger partial charge in [-0.05, 0) is 41.8 Å². The number of alkyl halides is 3. The molecule has 0 aliphatic carbocycles. The molecule has 19 heavy (non-hydrogen) atoms. The number of benzene rings is 2. The van der Waals surface area contributed by atoms with E-state index in [1.54, 1.807) is 0 Å².